The molecule has 1 saturated carbocycles. The van der Waals surface area contributed by atoms with E-state index < -0.39 is 0 Å². The monoisotopic (exact) mass is 234 g/mol. The van der Waals surface area contributed by atoms with Gasteiger partial charge in [-0.2, -0.15) is 5.26 Å². The summed E-state index contributed by atoms with van der Waals surface area (Å²) in [6.45, 7) is 0.621. The molecule has 1 aromatic rings. The number of nitrogen functional groups attached to an aromatic ring is 1. The largest absolute Gasteiger partial charge is 0.367 e. The van der Waals surface area contributed by atoms with Gasteiger partial charge in [0.15, 0.2) is 0 Å². The van der Waals surface area contributed by atoms with Gasteiger partial charge in [-0.1, -0.05) is 0 Å². The van der Waals surface area contributed by atoms with Crippen molar-refractivity contribution >= 4 is 11.9 Å². The molecule has 1 heterocycles. The van der Waals surface area contributed by atoms with Gasteiger partial charge in [0.1, 0.15) is 12.9 Å². The van der Waals surface area contributed by atoms with Crippen molar-refractivity contribution in [2.75, 3.05) is 12.3 Å². The van der Waals surface area contributed by atoms with E-state index in [4.69, 9.17) is 11.0 Å². The molecule has 0 spiro atoms. The fraction of sp³-hybridized carbons (Fsp3) is 0.600. The minimum Gasteiger partial charge on any atom is -0.367 e. The first-order valence-corrected chi connectivity index (χ1v) is 5.52. The normalized spacial score (nSPS) is 14.3. The van der Waals surface area contributed by atoms with Crippen molar-refractivity contribution in [2.24, 2.45) is 0 Å². The highest BCUT2D eigenvalue weighted by Gasteiger charge is 2.32. The average molecular weight is 234 g/mol. The molecule has 2 rings (SSSR count). The van der Waals surface area contributed by atoms with E-state index in [1.165, 1.54) is 11.0 Å². The summed E-state index contributed by atoms with van der Waals surface area (Å²) in [4.78, 5) is 17.5. The third kappa shape index (κ3) is 2.93. The number of anilines is 1. The van der Waals surface area contributed by atoms with Gasteiger partial charge in [-0.25, -0.2) is 9.67 Å². The Balaban J connectivity index is 1.94. The number of carbonyl (C=O) groups excluding carboxylic acids is 1. The number of hydrogen-bond donors (Lipinski definition) is 1. The molecule has 0 bridgehead atoms. The number of nitriles is 1. The molecule has 0 aliphatic heterocycles. The first-order valence-electron chi connectivity index (χ1n) is 5.52. The highest BCUT2D eigenvalue weighted by molar-refractivity contribution is 5.76. The Hall–Kier alpha value is -2.10. The number of nitrogens with zero attached hydrogens (tertiary/aromatic N) is 5. The lowest BCUT2D eigenvalue weighted by Gasteiger charge is -2.20. The van der Waals surface area contributed by atoms with E-state index in [1.807, 2.05) is 0 Å². The lowest BCUT2D eigenvalue weighted by molar-refractivity contribution is -0.132. The first-order chi connectivity index (χ1) is 8.20. The topological polar surface area (TPSA) is 101 Å². The van der Waals surface area contributed by atoms with E-state index in [9.17, 15) is 4.79 Å². The van der Waals surface area contributed by atoms with Crippen molar-refractivity contribution in [2.45, 2.75) is 31.8 Å². The van der Waals surface area contributed by atoms with Crippen molar-refractivity contribution in [3.8, 4) is 6.07 Å². The van der Waals surface area contributed by atoms with Crippen LogP contribution in [0.25, 0.3) is 0 Å². The van der Waals surface area contributed by atoms with Gasteiger partial charge >= 0.3 is 0 Å². The molecule has 0 unspecified atom stereocenters. The van der Waals surface area contributed by atoms with E-state index in [-0.39, 0.29) is 18.4 Å². The van der Waals surface area contributed by atoms with Gasteiger partial charge in [0.25, 0.3) is 0 Å². The molecule has 90 valence electrons. The van der Waals surface area contributed by atoms with Crippen LogP contribution < -0.4 is 5.73 Å². The second-order valence-corrected chi connectivity index (χ2v) is 4.03. The maximum atomic E-state index is 12.0. The van der Waals surface area contributed by atoms with Crippen molar-refractivity contribution in [1.82, 2.24) is 19.7 Å². The zero-order chi connectivity index (χ0) is 12.3. The molecule has 1 aliphatic rings. The maximum Gasteiger partial charge on any atom is 0.244 e. The Morgan fingerprint density at radius 3 is 3.00 bits per heavy atom. The molecule has 7 nitrogen and oxygen atoms in total. The van der Waals surface area contributed by atoms with Crippen molar-refractivity contribution in [3.63, 3.8) is 0 Å². The zero-order valence-electron chi connectivity index (χ0n) is 9.41. The Morgan fingerprint density at radius 2 is 2.47 bits per heavy atom. The standard InChI is InChI=1S/C10H14N6O/c11-4-1-5-16(8-2-3-8)9(17)6-15-7-13-10(12)14-15/h7-8H,1-3,5-6H2,(H2,12,14). The minimum atomic E-state index is -0.0346. The van der Waals surface area contributed by atoms with Gasteiger partial charge in [0.05, 0.1) is 12.5 Å². The number of carbonyl (C=O) groups is 1. The fourth-order valence-corrected chi connectivity index (χ4v) is 1.68. The smallest absolute Gasteiger partial charge is 0.244 e. The molecular formula is C10H14N6O. The van der Waals surface area contributed by atoms with Crippen LogP contribution in [0.5, 0.6) is 0 Å². The Labute approximate surface area is 98.8 Å². The van der Waals surface area contributed by atoms with Gasteiger partial charge in [0.2, 0.25) is 11.9 Å². The van der Waals surface area contributed by atoms with Gasteiger partial charge in [-0.15, -0.1) is 5.10 Å². The zero-order valence-corrected chi connectivity index (χ0v) is 9.41. The second-order valence-electron chi connectivity index (χ2n) is 4.03. The van der Waals surface area contributed by atoms with E-state index in [2.05, 4.69) is 16.2 Å². The van der Waals surface area contributed by atoms with Crippen LogP contribution in [0.2, 0.25) is 0 Å². The summed E-state index contributed by atoms with van der Waals surface area (Å²) in [5, 5.41) is 12.4. The first kappa shape index (κ1) is 11.4. The number of amides is 1. The average Bonchev–Trinajstić information content (AvgIpc) is 3.04. The Kier molecular flexibility index (Phi) is 3.23. The lowest BCUT2D eigenvalue weighted by Crippen LogP contribution is -2.36. The molecule has 0 aromatic carbocycles. The second kappa shape index (κ2) is 4.82. The highest BCUT2D eigenvalue weighted by atomic mass is 16.2. The van der Waals surface area contributed by atoms with Crippen LogP contribution in [0.15, 0.2) is 6.33 Å². The SMILES string of the molecule is N#CCCN(C(=O)Cn1cnc(N)n1)C1CC1. The number of aromatic nitrogens is 3. The molecule has 2 N–H and O–H groups in total. The summed E-state index contributed by atoms with van der Waals surface area (Å²) >= 11 is 0. The summed E-state index contributed by atoms with van der Waals surface area (Å²) in [7, 11) is 0. The summed E-state index contributed by atoms with van der Waals surface area (Å²) < 4.78 is 1.42. The Bertz CT molecular complexity index is 444. The molecule has 0 saturated heterocycles. The van der Waals surface area contributed by atoms with Crippen LogP contribution in [0, 0.1) is 11.3 Å². The van der Waals surface area contributed by atoms with Crippen LogP contribution in [0.4, 0.5) is 5.95 Å². The molecule has 1 aromatic heterocycles. The van der Waals surface area contributed by atoms with E-state index >= 15 is 0 Å². The van der Waals surface area contributed by atoms with E-state index in [1.54, 1.807) is 4.90 Å². The van der Waals surface area contributed by atoms with Crippen LogP contribution >= 0.6 is 0 Å². The maximum absolute atomic E-state index is 12.0. The lowest BCUT2D eigenvalue weighted by atomic mass is 10.3. The van der Waals surface area contributed by atoms with Gasteiger partial charge < -0.3 is 10.6 Å². The Morgan fingerprint density at radius 1 is 1.71 bits per heavy atom. The predicted molar refractivity (Wildman–Crippen MR) is 59.4 cm³/mol. The molecule has 17 heavy (non-hydrogen) atoms. The van der Waals surface area contributed by atoms with Crippen LogP contribution in [0.3, 0.4) is 0 Å². The van der Waals surface area contributed by atoms with E-state index in [0.29, 0.717) is 19.0 Å². The quantitative estimate of drug-likeness (QED) is 0.758. The summed E-state index contributed by atoms with van der Waals surface area (Å²) in [5.41, 5.74) is 5.37. The van der Waals surface area contributed by atoms with Crippen LogP contribution in [0.1, 0.15) is 19.3 Å². The molecule has 7 heteroatoms. The summed E-state index contributed by atoms with van der Waals surface area (Å²) in [5.74, 6) is 0.125. The highest BCUT2D eigenvalue weighted by Crippen LogP contribution is 2.27. The number of rotatable bonds is 5. The molecule has 1 fully saturated rings. The van der Waals surface area contributed by atoms with Crippen LogP contribution in [-0.4, -0.2) is 38.2 Å². The van der Waals surface area contributed by atoms with Crippen molar-refractivity contribution < 1.29 is 4.79 Å². The minimum absolute atomic E-state index is 0.0346. The molecular weight excluding hydrogens is 220 g/mol. The third-order valence-corrected chi connectivity index (χ3v) is 2.62. The van der Waals surface area contributed by atoms with Crippen molar-refractivity contribution in [3.05, 3.63) is 6.33 Å². The summed E-state index contributed by atoms with van der Waals surface area (Å²) in [6, 6.07) is 2.36. The number of nitrogens with two attached hydrogens (primary N) is 1. The summed E-state index contributed by atoms with van der Waals surface area (Å²) in [6.07, 6.45) is 3.84. The predicted octanol–water partition coefficient (Wildman–Crippen LogP) is -0.235. The van der Waals surface area contributed by atoms with Gasteiger partial charge in [-0.3, -0.25) is 4.79 Å². The molecule has 0 atom stereocenters. The fourth-order valence-electron chi connectivity index (χ4n) is 1.68. The third-order valence-electron chi connectivity index (χ3n) is 2.62. The van der Waals surface area contributed by atoms with Gasteiger partial charge in [-0.05, 0) is 12.8 Å². The van der Waals surface area contributed by atoms with Gasteiger partial charge in [0, 0.05) is 12.6 Å². The molecule has 1 amide bonds. The van der Waals surface area contributed by atoms with Crippen LogP contribution in [-0.2, 0) is 11.3 Å². The van der Waals surface area contributed by atoms with E-state index in [0.717, 1.165) is 12.8 Å². The number of hydrogen-bond acceptors (Lipinski definition) is 5. The molecule has 0 radical (unpaired) electrons. The molecule has 1 aliphatic carbocycles. The van der Waals surface area contributed by atoms with Crippen molar-refractivity contribution in [1.29, 1.82) is 5.26 Å².